The summed E-state index contributed by atoms with van der Waals surface area (Å²) in [7, 11) is 1.98. The van der Waals surface area contributed by atoms with Crippen LogP contribution in [0.4, 0.5) is 11.5 Å². The fourth-order valence-electron chi connectivity index (χ4n) is 2.63. The second-order valence-corrected chi connectivity index (χ2v) is 5.54. The molecule has 1 aromatic heterocycles. The van der Waals surface area contributed by atoms with E-state index in [4.69, 9.17) is 0 Å². The first kappa shape index (κ1) is 13.9. The molecule has 0 aliphatic carbocycles. The highest BCUT2D eigenvalue weighted by molar-refractivity contribution is 5.49. The van der Waals surface area contributed by atoms with E-state index in [0.717, 1.165) is 44.8 Å². The molecule has 3 N–H and O–H groups in total. The van der Waals surface area contributed by atoms with Crippen LogP contribution in [0.15, 0.2) is 30.7 Å². The van der Waals surface area contributed by atoms with Crippen molar-refractivity contribution in [2.75, 3.05) is 30.3 Å². The number of aromatic nitrogens is 2. The van der Waals surface area contributed by atoms with Crippen LogP contribution in [0.1, 0.15) is 17.5 Å². The number of hydrogen-bond acceptors (Lipinski definition) is 4. The van der Waals surface area contributed by atoms with Gasteiger partial charge in [0.25, 0.3) is 0 Å². The zero-order chi connectivity index (χ0) is 14.5. The zero-order valence-corrected chi connectivity index (χ0v) is 12.5. The largest absolute Gasteiger partial charge is 0.385 e. The molecule has 0 atom stereocenters. The first-order chi connectivity index (χ1) is 10.3. The Labute approximate surface area is 125 Å². The van der Waals surface area contributed by atoms with Crippen molar-refractivity contribution in [1.29, 1.82) is 0 Å². The molecule has 2 aromatic rings. The minimum Gasteiger partial charge on any atom is -0.385 e. The molecule has 0 unspecified atom stereocenters. The summed E-state index contributed by atoms with van der Waals surface area (Å²) in [6, 6.07) is 6.70. The highest BCUT2D eigenvalue weighted by Crippen LogP contribution is 2.18. The third kappa shape index (κ3) is 3.76. The van der Waals surface area contributed by atoms with E-state index in [1.165, 1.54) is 16.8 Å². The maximum atomic E-state index is 4.25. The molecule has 0 bridgehead atoms. The smallest absolute Gasteiger partial charge is 0.144 e. The summed E-state index contributed by atoms with van der Waals surface area (Å²) in [6.45, 7) is 3.99. The van der Waals surface area contributed by atoms with Crippen LogP contribution >= 0.6 is 0 Å². The van der Waals surface area contributed by atoms with Gasteiger partial charge in [0.05, 0.1) is 6.33 Å². The standard InChI is InChI=1S/C16H23N5/c1-21-11-16(20-12-21)19-7-2-6-18-15-4-3-14-10-17-8-5-13(14)9-15/h3-4,9,11-12,17-19H,2,5-8,10H2,1H3. The van der Waals surface area contributed by atoms with E-state index in [1.54, 1.807) is 0 Å². The number of imidazole rings is 1. The van der Waals surface area contributed by atoms with E-state index in [-0.39, 0.29) is 0 Å². The molecule has 0 saturated heterocycles. The average molecular weight is 285 g/mol. The van der Waals surface area contributed by atoms with Crippen LogP contribution in [0, 0.1) is 0 Å². The predicted octanol–water partition coefficient (Wildman–Crippen LogP) is 1.98. The Bertz CT molecular complexity index is 590. The fraction of sp³-hybridized carbons (Fsp3) is 0.438. The number of nitrogens with zero attached hydrogens (tertiary/aromatic N) is 2. The zero-order valence-electron chi connectivity index (χ0n) is 12.5. The fourth-order valence-corrected chi connectivity index (χ4v) is 2.63. The van der Waals surface area contributed by atoms with Crippen LogP contribution < -0.4 is 16.0 Å². The van der Waals surface area contributed by atoms with E-state index < -0.39 is 0 Å². The Morgan fingerprint density at radius 1 is 1.24 bits per heavy atom. The van der Waals surface area contributed by atoms with Crippen LogP contribution in [0.2, 0.25) is 0 Å². The maximum Gasteiger partial charge on any atom is 0.144 e. The third-order valence-corrected chi connectivity index (χ3v) is 3.79. The second-order valence-electron chi connectivity index (χ2n) is 5.54. The van der Waals surface area contributed by atoms with Gasteiger partial charge in [-0.2, -0.15) is 0 Å². The molecule has 1 aliphatic rings. The second kappa shape index (κ2) is 6.63. The molecule has 2 heterocycles. The lowest BCUT2D eigenvalue weighted by atomic mass is 10.0. The van der Waals surface area contributed by atoms with E-state index in [1.807, 2.05) is 24.1 Å². The quantitative estimate of drug-likeness (QED) is 0.710. The molecule has 0 spiro atoms. The van der Waals surface area contributed by atoms with Gasteiger partial charge in [-0.3, -0.25) is 0 Å². The van der Waals surface area contributed by atoms with Gasteiger partial charge < -0.3 is 20.5 Å². The summed E-state index contributed by atoms with van der Waals surface area (Å²) >= 11 is 0. The summed E-state index contributed by atoms with van der Waals surface area (Å²) in [4.78, 5) is 4.25. The Morgan fingerprint density at radius 3 is 3.00 bits per heavy atom. The van der Waals surface area contributed by atoms with Crippen molar-refractivity contribution in [2.45, 2.75) is 19.4 Å². The highest BCUT2D eigenvalue weighted by atomic mass is 15.1. The van der Waals surface area contributed by atoms with Gasteiger partial charge in [-0.15, -0.1) is 0 Å². The van der Waals surface area contributed by atoms with E-state index in [2.05, 4.69) is 39.1 Å². The summed E-state index contributed by atoms with van der Waals surface area (Å²) in [5, 5.41) is 10.2. The summed E-state index contributed by atoms with van der Waals surface area (Å²) < 4.78 is 1.95. The molecule has 112 valence electrons. The molecule has 1 aliphatic heterocycles. The molecule has 5 heteroatoms. The molecule has 0 fully saturated rings. The first-order valence-corrected chi connectivity index (χ1v) is 7.59. The molecule has 1 aromatic carbocycles. The molecule has 21 heavy (non-hydrogen) atoms. The van der Waals surface area contributed by atoms with Crippen LogP contribution in [0.5, 0.6) is 0 Å². The molecule has 0 amide bonds. The van der Waals surface area contributed by atoms with Gasteiger partial charge >= 0.3 is 0 Å². The third-order valence-electron chi connectivity index (χ3n) is 3.79. The van der Waals surface area contributed by atoms with Gasteiger partial charge in [0.15, 0.2) is 0 Å². The minimum absolute atomic E-state index is 0.929. The topological polar surface area (TPSA) is 53.9 Å². The van der Waals surface area contributed by atoms with E-state index in [0.29, 0.717) is 0 Å². The van der Waals surface area contributed by atoms with E-state index >= 15 is 0 Å². The van der Waals surface area contributed by atoms with Gasteiger partial charge in [0.2, 0.25) is 0 Å². The molecule has 5 nitrogen and oxygen atoms in total. The summed E-state index contributed by atoms with van der Waals surface area (Å²) in [5.74, 6) is 0.943. The van der Waals surface area contributed by atoms with Crippen LogP contribution in [0.25, 0.3) is 0 Å². The van der Waals surface area contributed by atoms with Crippen molar-refractivity contribution in [3.8, 4) is 0 Å². The van der Waals surface area contributed by atoms with Crippen molar-refractivity contribution in [2.24, 2.45) is 7.05 Å². The molecule has 0 radical (unpaired) electrons. The Balaban J connectivity index is 1.41. The van der Waals surface area contributed by atoms with Gasteiger partial charge in [0.1, 0.15) is 5.82 Å². The van der Waals surface area contributed by atoms with Crippen molar-refractivity contribution >= 4 is 11.5 Å². The van der Waals surface area contributed by atoms with Gasteiger partial charge in [-0.25, -0.2) is 4.98 Å². The molecule has 3 rings (SSSR count). The van der Waals surface area contributed by atoms with Crippen LogP contribution in [-0.4, -0.2) is 29.2 Å². The minimum atomic E-state index is 0.929. The van der Waals surface area contributed by atoms with Gasteiger partial charge in [-0.1, -0.05) is 6.07 Å². The SMILES string of the molecule is Cn1cnc(NCCCNc2ccc3c(c2)CCNC3)c1. The number of hydrogen-bond donors (Lipinski definition) is 3. The van der Waals surface area contributed by atoms with Gasteiger partial charge in [0, 0.05) is 38.6 Å². The number of aryl methyl sites for hydroxylation is 1. The molecular weight excluding hydrogens is 262 g/mol. The maximum absolute atomic E-state index is 4.25. The van der Waals surface area contributed by atoms with Crippen molar-refractivity contribution in [1.82, 2.24) is 14.9 Å². The lowest BCUT2D eigenvalue weighted by Gasteiger charge is -2.18. The number of anilines is 2. The average Bonchev–Trinajstić information content (AvgIpc) is 2.92. The van der Waals surface area contributed by atoms with Crippen molar-refractivity contribution in [3.05, 3.63) is 41.9 Å². The Morgan fingerprint density at radius 2 is 2.14 bits per heavy atom. The predicted molar refractivity (Wildman–Crippen MR) is 86.7 cm³/mol. The number of rotatable bonds is 6. The highest BCUT2D eigenvalue weighted by Gasteiger charge is 2.08. The number of nitrogens with one attached hydrogen (secondary N) is 3. The Kier molecular flexibility index (Phi) is 4.40. The molecule has 0 saturated carbocycles. The van der Waals surface area contributed by atoms with Crippen LogP contribution in [-0.2, 0) is 20.0 Å². The summed E-state index contributed by atoms with van der Waals surface area (Å²) in [5.41, 5.74) is 4.14. The summed E-state index contributed by atoms with van der Waals surface area (Å²) in [6.07, 6.45) is 5.99. The molecular formula is C16H23N5. The lowest BCUT2D eigenvalue weighted by molar-refractivity contribution is 0.644. The lowest BCUT2D eigenvalue weighted by Crippen LogP contribution is -2.23. The number of fused-ring (bicyclic) bond motifs is 1. The first-order valence-electron chi connectivity index (χ1n) is 7.59. The monoisotopic (exact) mass is 285 g/mol. The Hall–Kier alpha value is -2.01. The van der Waals surface area contributed by atoms with E-state index in [9.17, 15) is 0 Å². The number of benzene rings is 1. The van der Waals surface area contributed by atoms with Crippen LogP contribution in [0.3, 0.4) is 0 Å². The van der Waals surface area contributed by atoms with Gasteiger partial charge in [-0.05, 0) is 42.6 Å². The normalized spacial score (nSPS) is 13.8. The van der Waals surface area contributed by atoms with Crippen molar-refractivity contribution in [3.63, 3.8) is 0 Å². The van der Waals surface area contributed by atoms with Crippen molar-refractivity contribution < 1.29 is 0 Å².